The Balaban J connectivity index is 1.45. The van der Waals surface area contributed by atoms with Crippen molar-refractivity contribution in [1.29, 1.82) is 0 Å². The molecule has 1 fully saturated rings. The zero-order valence-corrected chi connectivity index (χ0v) is 14.4. The number of carbonyl (C=O) groups is 3. The first kappa shape index (κ1) is 17.7. The first-order valence-electron chi connectivity index (χ1n) is 8.49. The number of fused-ring (bicyclic) bond motifs is 1. The van der Waals surface area contributed by atoms with Gasteiger partial charge in [-0.15, -0.1) is 0 Å². The first-order chi connectivity index (χ1) is 12.6. The van der Waals surface area contributed by atoms with Crippen molar-refractivity contribution in [3.05, 3.63) is 48.7 Å². The molecule has 1 aromatic carbocycles. The van der Waals surface area contributed by atoms with Gasteiger partial charge >= 0.3 is 0 Å². The van der Waals surface area contributed by atoms with Crippen LogP contribution in [0.2, 0.25) is 0 Å². The Morgan fingerprint density at radius 3 is 2.85 bits per heavy atom. The van der Waals surface area contributed by atoms with Crippen LogP contribution >= 0.6 is 0 Å². The van der Waals surface area contributed by atoms with Crippen LogP contribution in [0.4, 0.5) is 0 Å². The molecule has 3 rings (SSSR count). The molecule has 26 heavy (non-hydrogen) atoms. The highest BCUT2D eigenvalue weighted by atomic mass is 16.3. The fourth-order valence-electron chi connectivity index (χ4n) is 2.99. The lowest BCUT2D eigenvalue weighted by atomic mass is 10.1. The molecule has 1 aliphatic heterocycles. The topological polar surface area (TPSA) is 82.9 Å². The van der Waals surface area contributed by atoms with Crippen molar-refractivity contribution in [2.45, 2.75) is 6.42 Å². The number of nitrogens with zero attached hydrogens (tertiary/aromatic N) is 2. The molecule has 136 valence electrons. The lowest BCUT2D eigenvalue weighted by Crippen LogP contribution is -2.54. The molecule has 1 saturated heterocycles. The summed E-state index contributed by atoms with van der Waals surface area (Å²) in [6.45, 7) is 4.62. The summed E-state index contributed by atoms with van der Waals surface area (Å²) >= 11 is 0. The Bertz CT molecular complexity index is 842. The number of carbonyl (C=O) groups excluding carboxylic acids is 3. The second-order valence-electron chi connectivity index (χ2n) is 6.14. The van der Waals surface area contributed by atoms with E-state index < -0.39 is 0 Å². The highest BCUT2D eigenvalue weighted by molar-refractivity contribution is 5.93. The molecule has 7 nitrogen and oxygen atoms in total. The van der Waals surface area contributed by atoms with Crippen molar-refractivity contribution in [3.8, 4) is 0 Å². The van der Waals surface area contributed by atoms with Gasteiger partial charge in [-0.1, -0.05) is 24.8 Å². The molecule has 2 heterocycles. The van der Waals surface area contributed by atoms with E-state index >= 15 is 0 Å². The Hall–Kier alpha value is -3.09. The second-order valence-corrected chi connectivity index (χ2v) is 6.14. The molecular formula is C19H21N3O4. The maximum Gasteiger partial charge on any atom is 0.246 e. The van der Waals surface area contributed by atoms with Crippen LogP contribution in [0.15, 0.2) is 47.6 Å². The average molecular weight is 355 g/mol. The molecule has 7 heteroatoms. The first-order valence-corrected chi connectivity index (χ1v) is 8.49. The van der Waals surface area contributed by atoms with Gasteiger partial charge < -0.3 is 19.5 Å². The van der Waals surface area contributed by atoms with E-state index in [1.165, 1.54) is 15.9 Å². The number of amides is 3. The summed E-state index contributed by atoms with van der Waals surface area (Å²) in [5, 5.41) is 3.87. The van der Waals surface area contributed by atoms with Gasteiger partial charge in [0.1, 0.15) is 12.1 Å². The lowest BCUT2D eigenvalue weighted by Gasteiger charge is -2.33. The van der Waals surface area contributed by atoms with Crippen molar-refractivity contribution >= 4 is 28.7 Å². The number of nitrogens with one attached hydrogen (secondary N) is 1. The second kappa shape index (κ2) is 7.86. The van der Waals surface area contributed by atoms with E-state index in [4.69, 9.17) is 4.42 Å². The van der Waals surface area contributed by atoms with Gasteiger partial charge in [0.25, 0.3) is 0 Å². The highest BCUT2D eigenvalue weighted by Crippen LogP contribution is 2.20. The van der Waals surface area contributed by atoms with E-state index in [1.54, 1.807) is 6.26 Å². The molecule has 0 unspecified atom stereocenters. The maximum atomic E-state index is 12.1. The van der Waals surface area contributed by atoms with E-state index in [2.05, 4.69) is 11.9 Å². The molecule has 0 radical (unpaired) electrons. The summed E-state index contributed by atoms with van der Waals surface area (Å²) in [6.07, 6.45) is 3.55. The average Bonchev–Trinajstić information content (AvgIpc) is 3.06. The van der Waals surface area contributed by atoms with Crippen molar-refractivity contribution in [3.63, 3.8) is 0 Å². The van der Waals surface area contributed by atoms with E-state index in [9.17, 15) is 14.4 Å². The van der Waals surface area contributed by atoms with Crippen molar-refractivity contribution in [2.24, 2.45) is 0 Å². The third kappa shape index (κ3) is 3.93. The third-order valence-corrected chi connectivity index (χ3v) is 4.42. The molecule has 0 bridgehead atoms. The highest BCUT2D eigenvalue weighted by Gasteiger charge is 2.27. The van der Waals surface area contributed by atoms with Crippen molar-refractivity contribution in [2.75, 3.05) is 32.7 Å². The minimum absolute atomic E-state index is 0.00108. The standard InChI is InChI=1S/C19H21N3O4/c1-2-18(24)22-10-9-21(19(25)12-22)11-17(23)20-8-7-14-13-26-16-6-4-3-5-15(14)16/h2-6,13H,1,7-12H2,(H,20,23). The zero-order chi connectivity index (χ0) is 18.5. The van der Waals surface area contributed by atoms with E-state index in [0.29, 0.717) is 26.1 Å². The molecule has 0 aliphatic carbocycles. The fourth-order valence-corrected chi connectivity index (χ4v) is 2.99. The predicted octanol–water partition coefficient (Wildman–Crippen LogP) is 0.948. The summed E-state index contributed by atoms with van der Waals surface area (Å²) in [6, 6.07) is 7.75. The largest absolute Gasteiger partial charge is 0.464 e. The monoisotopic (exact) mass is 355 g/mol. The number of hydrogen-bond donors (Lipinski definition) is 1. The van der Waals surface area contributed by atoms with Crippen LogP contribution in [0.1, 0.15) is 5.56 Å². The van der Waals surface area contributed by atoms with Crippen LogP contribution < -0.4 is 5.32 Å². The SMILES string of the molecule is C=CC(=O)N1CCN(CC(=O)NCCc2coc3ccccc23)C(=O)C1. The van der Waals surface area contributed by atoms with Gasteiger partial charge in [0, 0.05) is 25.0 Å². The number of hydrogen-bond acceptors (Lipinski definition) is 4. The number of piperazine rings is 1. The summed E-state index contributed by atoms with van der Waals surface area (Å²) in [7, 11) is 0. The summed E-state index contributed by atoms with van der Waals surface area (Å²) < 4.78 is 5.48. The lowest BCUT2D eigenvalue weighted by molar-refractivity contribution is -0.145. The van der Waals surface area contributed by atoms with E-state index in [0.717, 1.165) is 16.5 Å². The molecule has 1 N–H and O–H groups in total. The van der Waals surface area contributed by atoms with Crippen LogP contribution in [0.5, 0.6) is 0 Å². The predicted molar refractivity (Wildman–Crippen MR) is 96.3 cm³/mol. The Kier molecular flexibility index (Phi) is 5.36. The molecule has 0 atom stereocenters. The van der Waals surface area contributed by atoms with Crippen LogP contribution in [-0.4, -0.2) is 60.2 Å². The van der Waals surface area contributed by atoms with Crippen LogP contribution in [-0.2, 0) is 20.8 Å². The van der Waals surface area contributed by atoms with E-state index in [-0.39, 0.29) is 30.8 Å². The van der Waals surface area contributed by atoms with Crippen LogP contribution in [0.25, 0.3) is 11.0 Å². The maximum absolute atomic E-state index is 12.1. The number of rotatable bonds is 6. The fraction of sp³-hybridized carbons (Fsp3) is 0.316. The van der Waals surface area contributed by atoms with Gasteiger partial charge in [-0.2, -0.15) is 0 Å². The van der Waals surface area contributed by atoms with E-state index in [1.807, 2.05) is 24.3 Å². The molecule has 2 aromatic rings. The van der Waals surface area contributed by atoms with Gasteiger partial charge in [-0.05, 0) is 24.1 Å². The molecule has 0 saturated carbocycles. The van der Waals surface area contributed by atoms with Crippen molar-refractivity contribution < 1.29 is 18.8 Å². The van der Waals surface area contributed by atoms with Gasteiger partial charge in [0.15, 0.2) is 0 Å². The summed E-state index contributed by atoms with van der Waals surface area (Å²) in [4.78, 5) is 38.6. The minimum Gasteiger partial charge on any atom is -0.464 e. The number of furan rings is 1. The van der Waals surface area contributed by atoms with Gasteiger partial charge in [-0.3, -0.25) is 14.4 Å². The smallest absolute Gasteiger partial charge is 0.246 e. The normalized spacial score (nSPS) is 14.5. The van der Waals surface area contributed by atoms with Gasteiger partial charge in [0.05, 0.1) is 12.8 Å². The Labute approximate surface area is 151 Å². The van der Waals surface area contributed by atoms with Crippen molar-refractivity contribution in [1.82, 2.24) is 15.1 Å². The quantitative estimate of drug-likeness (QED) is 0.782. The number of para-hydroxylation sites is 1. The van der Waals surface area contributed by atoms with Gasteiger partial charge in [-0.25, -0.2) is 0 Å². The Morgan fingerprint density at radius 1 is 1.27 bits per heavy atom. The zero-order valence-electron chi connectivity index (χ0n) is 14.4. The molecule has 0 spiro atoms. The molecule has 1 aliphatic rings. The molecule has 3 amide bonds. The minimum atomic E-state index is -0.269. The van der Waals surface area contributed by atoms with Crippen LogP contribution in [0.3, 0.4) is 0 Å². The van der Waals surface area contributed by atoms with Crippen LogP contribution in [0, 0.1) is 0 Å². The molecular weight excluding hydrogens is 334 g/mol. The molecule has 1 aromatic heterocycles. The third-order valence-electron chi connectivity index (χ3n) is 4.42. The van der Waals surface area contributed by atoms with Gasteiger partial charge in [0.2, 0.25) is 17.7 Å². The Morgan fingerprint density at radius 2 is 2.08 bits per heavy atom. The summed E-state index contributed by atoms with van der Waals surface area (Å²) in [5.41, 5.74) is 1.86. The summed E-state index contributed by atoms with van der Waals surface area (Å²) in [5.74, 6) is -0.716. The number of benzene rings is 1.